The summed E-state index contributed by atoms with van der Waals surface area (Å²) >= 11 is 1.75. The van der Waals surface area contributed by atoms with Crippen LogP contribution in [0.25, 0.3) is 0 Å². The molecule has 1 aliphatic rings. The van der Waals surface area contributed by atoms with Crippen LogP contribution < -0.4 is 0 Å². The molecule has 1 aliphatic carbocycles. The minimum atomic E-state index is -1.12. The highest BCUT2D eigenvalue weighted by Crippen LogP contribution is 2.31. The number of aryl methyl sites for hydroxylation is 1. The average Bonchev–Trinajstić information content (AvgIpc) is 2.85. The van der Waals surface area contributed by atoms with E-state index >= 15 is 0 Å². The van der Waals surface area contributed by atoms with E-state index in [-0.39, 0.29) is 16.7 Å². The van der Waals surface area contributed by atoms with Crippen molar-refractivity contribution in [1.82, 2.24) is 0 Å². The van der Waals surface area contributed by atoms with Crippen LogP contribution in [-0.4, -0.2) is 44.9 Å². The molecule has 0 atom stereocenters. The summed E-state index contributed by atoms with van der Waals surface area (Å²) in [6.45, 7) is 1.65. The van der Waals surface area contributed by atoms with Gasteiger partial charge in [-0.3, -0.25) is 0 Å². The molecular formula is C16H22O5S. The van der Waals surface area contributed by atoms with E-state index < -0.39 is 11.9 Å². The number of hydrogen-bond acceptors (Lipinski definition) is 4. The summed E-state index contributed by atoms with van der Waals surface area (Å²) < 4.78 is 0. The predicted molar refractivity (Wildman–Crippen MR) is 86.9 cm³/mol. The lowest BCUT2D eigenvalue weighted by molar-refractivity contribution is 0.0694. The molecule has 0 aliphatic heterocycles. The molecule has 122 valence electrons. The SMILES string of the molecule is CSCC1(O)CCCC1.Cc1cc(C(=O)O)cc(C(=O)O)c1. The van der Waals surface area contributed by atoms with Gasteiger partial charge >= 0.3 is 11.9 Å². The van der Waals surface area contributed by atoms with Gasteiger partial charge in [-0.05, 0) is 49.8 Å². The van der Waals surface area contributed by atoms with Crippen molar-refractivity contribution in [3.8, 4) is 0 Å². The van der Waals surface area contributed by atoms with Crippen molar-refractivity contribution in [2.75, 3.05) is 12.0 Å². The Labute approximate surface area is 134 Å². The second-order valence-electron chi connectivity index (χ2n) is 5.56. The topological polar surface area (TPSA) is 94.8 Å². The van der Waals surface area contributed by atoms with Gasteiger partial charge < -0.3 is 15.3 Å². The fourth-order valence-corrected chi connectivity index (χ4v) is 3.30. The van der Waals surface area contributed by atoms with Crippen molar-refractivity contribution in [2.24, 2.45) is 0 Å². The number of aromatic carboxylic acids is 2. The van der Waals surface area contributed by atoms with Crippen LogP contribution in [0.4, 0.5) is 0 Å². The number of benzene rings is 1. The van der Waals surface area contributed by atoms with Gasteiger partial charge in [-0.25, -0.2) is 9.59 Å². The first-order valence-corrected chi connectivity index (χ1v) is 8.46. The Hall–Kier alpha value is -1.53. The first-order chi connectivity index (χ1) is 10.3. The van der Waals surface area contributed by atoms with Gasteiger partial charge in [0.2, 0.25) is 0 Å². The maximum Gasteiger partial charge on any atom is 0.335 e. The van der Waals surface area contributed by atoms with Crippen LogP contribution in [0, 0.1) is 6.92 Å². The molecule has 0 radical (unpaired) electrons. The molecule has 0 heterocycles. The fourth-order valence-electron chi connectivity index (χ4n) is 2.48. The van der Waals surface area contributed by atoms with Crippen molar-refractivity contribution in [3.63, 3.8) is 0 Å². The number of rotatable bonds is 4. The standard InChI is InChI=1S/C9H8O4.C7H14OS/c1-5-2-6(8(10)11)4-7(3-5)9(12)13;1-9-6-7(8)4-2-3-5-7/h2-4H,1H3,(H,10,11)(H,12,13);8H,2-6H2,1H3. The average molecular weight is 326 g/mol. The van der Waals surface area contributed by atoms with Gasteiger partial charge in [0, 0.05) is 5.75 Å². The molecule has 1 aromatic rings. The Balaban J connectivity index is 0.000000235. The lowest BCUT2D eigenvalue weighted by Crippen LogP contribution is -2.26. The highest BCUT2D eigenvalue weighted by atomic mass is 32.2. The van der Waals surface area contributed by atoms with Gasteiger partial charge in [-0.1, -0.05) is 12.8 Å². The summed E-state index contributed by atoms with van der Waals surface area (Å²) in [7, 11) is 0. The molecule has 1 fully saturated rings. The second-order valence-corrected chi connectivity index (χ2v) is 6.43. The molecule has 6 heteroatoms. The minimum absolute atomic E-state index is 0.00241. The third-order valence-corrected chi connectivity index (χ3v) is 4.34. The lowest BCUT2D eigenvalue weighted by atomic mass is 10.1. The molecular weight excluding hydrogens is 304 g/mol. The van der Waals surface area contributed by atoms with Crippen LogP contribution in [0.5, 0.6) is 0 Å². The van der Waals surface area contributed by atoms with E-state index in [1.807, 2.05) is 0 Å². The van der Waals surface area contributed by atoms with Gasteiger partial charge in [0.1, 0.15) is 0 Å². The van der Waals surface area contributed by atoms with E-state index in [2.05, 4.69) is 6.26 Å². The molecule has 22 heavy (non-hydrogen) atoms. The van der Waals surface area contributed by atoms with Gasteiger partial charge in [0.05, 0.1) is 16.7 Å². The Kier molecular flexibility index (Phi) is 6.90. The lowest BCUT2D eigenvalue weighted by Gasteiger charge is -2.19. The van der Waals surface area contributed by atoms with Crippen LogP contribution in [-0.2, 0) is 0 Å². The van der Waals surface area contributed by atoms with Gasteiger partial charge in [-0.2, -0.15) is 11.8 Å². The Morgan fingerprint density at radius 1 is 1.09 bits per heavy atom. The molecule has 1 aromatic carbocycles. The zero-order valence-corrected chi connectivity index (χ0v) is 13.7. The van der Waals surface area contributed by atoms with Crippen LogP contribution in [0.3, 0.4) is 0 Å². The third kappa shape index (κ3) is 5.69. The Morgan fingerprint density at radius 3 is 1.91 bits per heavy atom. The van der Waals surface area contributed by atoms with E-state index in [9.17, 15) is 14.7 Å². The van der Waals surface area contributed by atoms with E-state index in [1.165, 1.54) is 25.0 Å². The quantitative estimate of drug-likeness (QED) is 0.787. The Bertz CT molecular complexity index is 503. The molecule has 0 amide bonds. The summed E-state index contributed by atoms with van der Waals surface area (Å²) in [5.41, 5.74) is 0.325. The minimum Gasteiger partial charge on any atom is -0.478 e. The molecule has 0 saturated heterocycles. The maximum absolute atomic E-state index is 10.5. The molecule has 3 N–H and O–H groups in total. The highest BCUT2D eigenvalue weighted by molar-refractivity contribution is 7.98. The summed E-state index contributed by atoms with van der Waals surface area (Å²) in [6, 6.07) is 3.99. The number of aliphatic hydroxyl groups is 1. The zero-order valence-electron chi connectivity index (χ0n) is 12.8. The largest absolute Gasteiger partial charge is 0.478 e. The van der Waals surface area contributed by atoms with E-state index in [0.717, 1.165) is 24.7 Å². The maximum atomic E-state index is 10.5. The zero-order chi connectivity index (χ0) is 16.8. The molecule has 5 nitrogen and oxygen atoms in total. The van der Waals surface area contributed by atoms with Crippen LogP contribution in [0.1, 0.15) is 52.0 Å². The number of carbonyl (C=O) groups is 2. The normalized spacial score (nSPS) is 15.8. The van der Waals surface area contributed by atoms with Crippen LogP contribution >= 0.6 is 11.8 Å². The van der Waals surface area contributed by atoms with Crippen molar-refractivity contribution >= 4 is 23.7 Å². The number of hydrogen-bond donors (Lipinski definition) is 3. The van der Waals surface area contributed by atoms with Crippen molar-refractivity contribution < 1.29 is 24.9 Å². The highest BCUT2D eigenvalue weighted by Gasteiger charge is 2.29. The summed E-state index contributed by atoms with van der Waals surface area (Å²) in [4.78, 5) is 21.1. The fraction of sp³-hybridized carbons (Fsp3) is 0.500. The summed E-state index contributed by atoms with van der Waals surface area (Å²) in [5.74, 6) is -1.31. The first kappa shape index (κ1) is 18.5. The predicted octanol–water partition coefficient (Wildman–Crippen LogP) is 3.05. The van der Waals surface area contributed by atoms with Gasteiger partial charge in [0.25, 0.3) is 0 Å². The first-order valence-electron chi connectivity index (χ1n) is 7.07. The van der Waals surface area contributed by atoms with Crippen LogP contribution in [0.15, 0.2) is 18.2 Å². The molecule has 0 unspecified atom stereocenters. The van der Waals surface area contributed by atoms with E-state index in [4.69, 9.17) is 10.2 Å². The summed E-state index contributed by atoms with van der Waals surface area (Å²) in [5, 5.41) is 26.9. The third-order valence-electron chi connectivity index (χ3n) is 3.52. The molecule has 0 bridgehead atoms. The molecule has 2 rings (SSSR count). The van der Waals surface area contributed by atoms with Crippen molar-refractivity contribution in [2.45, 2.75) is 38.2 Å². The number of thioether (sulfide) groups is 1. The van der Waals surface area contributed by atoms with E-state index in [0.29, 0.717) is 5.56 Å². The molecule has 0 aromatic heterocycles. The molecule has 0 spiro atoms. The number of carboxylic acid groups (broad SMARTS) is 2. The second kappa shape index (κ2) is 8.19. The smallest absolute Gasteiger partial charge is 0.335 e. The van der Waals surface area contributed by atoms with Crippen LogP contribution in [0.2, 0.25) is 0 Å². The van der Waals surface area contributed by atoms with Gasteiger partial charge in [0.15, 0.2) is 0 Å². The van der Waals surface area contributed by atoms with E-state index in [1.54, 1.807) is 18.7 Å². The number of carboxylic acids is 2. The van der Waals surface area contributed by atoms with Crippen molar-refractivity contribution in [3.05, 3.63) is 34.9 Å². The Morgan fingerprint density at radius 2 is 1.55 bits per heavy atom. The van der Waals surface area contributed by atoms with Crippen molar-refractivity contribution in [1.29, 1.82) is 0 Å². The molecule has 1 saturated carbocycles. The summed E-state index contributed by atoms with van der Waals surface area (Å²) in [6.07, 6.45) is 6.53. The van der Waals surface area contributed by atoms with Gasteiger partial charge in [-0.15, -0.1) is 0 Å². The monoisotopic (exact) mass is 326 g/mol.